The second kappa shape index (κ2) is 9.71. The van der Waals surface area contributed by atoms with Gasteiger partial charge in [-0.25, -0.2) is 13.6 Å². The first-order valence-electron chi connectivity index (χ1n) is 9.30. The molecule has 0 saturated heterocycles. The highest BCUT2D eigenvalue weighted by atomic mass is 32.2. The summed E-state index contributed by atoms with van der Waals surface area (Å²) in [6.45, 7) is 5.96. The molecule has 7 heteroatoms. The second-order valence-electron chi connectivity index (χ2n) is 7.18. The SMILES string of the molecule is CC(CCc1ccc(OC(C)C)cc1)NC(=O)Cc1ccc(S(N)(=O)=O)cc1. The zero-order valence-electron chi connectivity index (χ0n) is 16.5. The maximum absolute atomic E-state index is 12.2. The average Bonchev–Trinajstić information content (AvgIpc) is 2.60. The van der Waals surface area contributed by atoms with Gasteiger partial charge in [0.2, 0.25) is 15.9 Å². The molecule has 0 saturated carbocycles. The largest absolute Gasteiger partial charge is 0.491 e. The number of carbonyl (C=O) groups is 1. The number of ether oxygens (including phenoxy) is 1. The number of nitrogens with two attached hydrogens (primary N) is 1. The van der Waals surface area contributed by atoms with E-state index in [1.807, 2.05) is 45.0 Å². The average molecular weight is 405 g/mol. The lowest BCUT2D eigenvalue weighted by Gasteiger charge is -2.14. The Morgan fingerprint density at radius 1 is 1.00 bits per heavy atom. The molecule has 2 aromatic rings. The van der Waals surface area contributed by atoms with Crippen molar-refractivity contribution in [2.24, 2.45) is 5.14 Å². The molecule has 1 amide bonds. The van der Waals surface area contributed by atoms with E-state index in [2.05, 4.69) is 5.32 Å². The smallest absolute Gasteiger partial charge is 0.238 e. The van der Waals surface area contributed by atoms with Gasteiger partial charge in [-0.3, -0.25) is 4.79 Å². The molecule has 152 valence electrons. The lowest BCUT2D eigenvalue weighted by molar-refractivity contribution is -0.121. The number of nitrogens with one attached hydrogen (secondary N) is 1. The maximum Gasteiger partial charge on any atom is 0.238 e. The van der Waals surface area contributed by atoms with Crippen molar-refractivity contribution in [2.75, 3.05) is 0 Å². The minimum absolute atomic E-state index is 0.0304. The third-order valence-electron chi connectivity index (χ3n) is 4.19. The minimum atomic E-state index is -3.72. The number of hydrogen-bond donors (Lipinski definition) is 2. The zero-order valence-corrected chi connectivity index (χ0v) is 17.3. The van der Waals surface area contributed by atoms with Gasteiger partial charge in [-0.2, -0.15) is 0 Å². The van der Waals surface area contributed by atoms with Crippen LogP contribution in [0.3, 0.4) is 0 Å². The predicted molar refractivity (Wildman–Crippen MR) is 110 cm³/mol. The van der Waals surface area contributed by atoms with Gasteiger partial charge >= 0.3 is 0 Å². The topological polar surface area (TPSA) is 98.5 Å². The fraction of sp³-hybridized carbons (Fsp3) is 0.381. The van der Waals surface area contributed by atoms with Gasteiger partial charge in [0.05, 0.1) is 17.4 Å². The Kier molecular flexibility index (Phi) is 7.60. The molecular weight excluding hydrogens is 376 g/mol. The Hall–Kier alpha value is -2.38. The Morgan fingerprint density at radius 3 is 2.11 bits per heavy atom. The maximum atomic E-state index is 12.2. The van der Waals surface area contributed by atoms with Crippen LogP contribution >= 0.6 is 0 Å². The lowest BCUT2D eigenvalue weighted by Crippen LogP contribution is -2.34. The van der Waals surface area contributed by atoms with Crippen LogP contribution in [0.25, 0.3) is 0 Å². The molecular formula is C21H28N2O4S. The first-order chi connectivity index (χ1) is 13.1. The lowest BCUT2D eigenvalue weighted by atomic mass is 10.1. The predicted octanol–water partition coefficient (Wildman–Crippen LogP) is 2.80. The van der Waals surface area contributed by atoms with Gasteiger partial charge in [-0.05, 0) is 69.0 Å². The number of aryl methyl sites for hydroxylation is 1. The van der Waals surface area contributed by atoms with Gasteiger partial charge in [-0.1, -0.05) is 24.3 Å². The summed E-state index contributed by atoms with van der Waals surface area (Å²) in [6, 6.07) is 14.1. The molecule has 2 rings (SSSR count). The fourth-order valence-corrected chi connectivity index (χ4v) is 3.29. The number of hydrogen-bond acceptors (Lipinski definition) is 4. The van der Waals surface area contributed by atoms with Gasteiger partial charge in [0.15, 0.2) is 0 Å². The Bertz CT molecular complexity index is 876. The highest BCUT2D eigenvalue weighted by Crippen LogP contribution is 2.15. The number of carbonyl (C=O) groups excluding carboxylic acids is 1. The van der Waals surface area contributed by atoms with Crippen LogP contribution in [0, 0.1) is 0 Å². The van der Waals surface area contributed by atoms with E-state index in [0.717, 1.165) is 24.2 Å². The first kappa shape index (κ1) is 21.9. The van der Waals surface area contributed by atoms with Crippen LogP contribution in [0.4, 0.5) is 0 Å². The Balaban J connectivity index is 1.79. The van der Waals surface area contributed by atoms with E-state index >= 15 is 0 Å². The van der Waals surface area contributed by atoms with Crippen molar-refractivity contribution in [1.82, 2.24) is 5.32 Å². The van der Waals surface area contributed by atoms with Gasteiger partial charge in [-0.15, -0.1) is 0 Å². The summed E-state index contributed by atoms with van der Waals surface area (Å²) in [6.07, 6.45) is 2.01. The summed E-state index contributed by atoms with van der Waals surface area (Å²) in [5, 5.41) is 8.04. The number of primary sulfonamides is 1. The summed E-state index contributed by atoms with van der Waals surface area (Å²) in [5.41, 5.74) is 1.92. The molecule has 3 N–H and O–H groups in total. The molecule has 0 spiro atoms. The summed E-state index contributed by atoms with van der Waals surface area (Å²) in [5.74, 6) is 0.755. The van der Waals surface area contributed by atoms with Crippen molar-refractivity contribution in [1.29, 1.82) is 0 Å². The number of rotatable bonds is 9. The van der Waals surface area contributed by atoms with Crippen molar-refractivity contribution >= 4 is 15.9 Å². The van der Waals surface area contributed by atoms with E-state index in [4.69, 9.17) is 9.88 Å². The fourth-order valence-electron chi connectivity index (χ4n) is 2.77. The molecule has 0 radical (unpaired) electrons. The van der Waals surface area contributed by atoms with Gasteiger partial charge in [0.1, 0.15) is 5.75 Å². The third-order valence-corrected chi connectivity index (χ3v) is 5.11. The summed E-state index contributed by atoms with van der Waals surface area (Å²) in [4.78, 5) is 12.2. The summed E-state index contributed by atoms with van der Waals surface area (Å²) < 4.78 is 28.1. The van der Waals surface area contributed by atoms with Gasteiger partial charge in [0, 0.05) is 6.04 Å². The highest BCUT2D eigenvalue weighted by Gasteiger charge is 2.11. The van der Waals surface area contributed by atoms with E-state index in [1.54, 1.807) is 12.1 Å². The van der Waals surface area contributed by atoms with E-state index in [-0.39, 0.29) is 29.4 Å². The molecule has 0 aliphatic heterocycles. The number of sulfonamides is 1. The summed E-state index contributed by atoms with van der Waals surface area (Å²) in [7, 11) is -3.72. The molecule has 1 atom stereocenters. The van der Waals surface area contributed by atoms with E-state index in [1.165, 1.54) is 17.7 Å². The standard InChI is InChI=1S/C21H28N2O4S/c1-15(2)27-19-10-6-17(7-11-19)5-4-16(3)23-21(24)14-18-8-12-20(13-9-18)28(22,25)26/h6-13,15-16H,4-5,14H2,1-3H3,(H,23,24)(H2,22,25,26). The third kappa shape index (κ3) is 7.32. The van der Waals surface area contributed by atoms with Gasteiger partial charge in [0.25, 0.3) is 0 Å². The van der Waals surface area contributed by atoms with Crippen LogP contribution in [0.15, 0.2) is 53.4 Å². The molecule has 0 aromatic heterocycles. The quantitative estimate of drug-likeness (QED) is 0.671. The van der Waals surface area contributed by atoms with Crippen LogP contribution in [0.1, 0.15) is 38.3 Å². The molecule has 0 aliphatic rings. The van der Waals surface area contributed by atoms with Crippen molar-refractivity contribution in [3.8, 4) is 5.75 Å². The molecule has 28 heavy (non-hydrogen) atoms. The summed E-state index contributed by atoms with van der Waals surface area (Å²) >= 11 is 0. The molecule has 0 aliphatic carbocycles. The first-order valence-corrected chi connectivity index (χ1v) is 10.8. The second-order valence-corrected chi connectivity index (χ2v) is 8.74. The Labute approximate surface area is 167 Å². The van der Waals surface area contributed by atoms with Crippen LogP contribution < -0.4 is 15.2 Å². The molecule has 6 nitrogen and oxygen atoms in total. The van der Waals surface area contributed by atoms with Crippen molar-refractivity contribution in [2.45, 2.75) is 57.1 Å². The van der Waals surface area contributed by atoms with E-state index < -0.39 is 10.0 Å². The Morgan fingerprint density at radius 2 is 1.57 bits per heavy atom. The van der Waals surface area contributed by atoms with E-state index in [0.29, 0.717) is 0 Å². The number of amides is 1. The van der Waals surface area contributed by atoms with Crippen LogP contribution in [0.2, 0.25) is 0 Å². The molecule has 1 unspecified atom stereocenters. The molecule has 0 bridgehead atoms. The minimum Gasteiger partial charge on any atom is -0.491 e. The van der Waals surface area contributed by atoms with E-state index in [9.17, 15) is 13.2 Å². The van der Waals surface area contributed by atoms with Gasteiger partial charge < -0.3 is 10.1 Å². The van der Waals surface area contributed by atoms with Crippen LogP contribution in [-0.4, -0.2) is 26.5 Å². The normalized spacial score (nSPS) is 12.6. The van der Waals surface area contributed by atoms with Crippen molar-refractivity contribution < 1.29 is 17.9 Å². The molecule has 0 heterocycles. The highest BCUT2D eigenvalue weighted by molar-refractivity contribution is 7.89. The van der Waals surface area contributed by atoms with Crippen LogP contribution in [-0.2, 0) is 27.7 Å². The van der Waals surface area contributed by atoms with Crippen molar-refractivity contribution in [3.05, 3.63) is 59.7 Å². The van der Waals surface area contributed by atoms with Crippen LogP contribution in [0.5, 0.6) is 5.75 Å². The molecule has 2 aromatic carbocycles. The molecule has 0 fully saturated rings. The monoisotopic (exact) mass is 404 g/mol. The zero-order chi connectivity index (χ0) is 20.7. The number of benzene rings is 2. The van der Waals surface area contributed by atoms with Crippen molar-refractivity contribution in [3.63, 3.8) is 0 Å².